The van der Waals surface area contributed by atoms with E-state index in [0.29, 0.717) is 11.4 Å². The molecule has 1 unspecified atom stereocenters. The molecule has 2 rings (SSSR count). The van der Waals surface area contributed by atoms with Gasteiger partial charge in [-0.05, 0) is 36.8 Å². The van der Waals surface area contributed by atoms with E-state index in [1.807, 2.05) is 37.3 Å². The monoisotopic (exact) mass is 406 g/mol. The molecule has 156 valence electrons. The van der Waals surface area contributed by atoms with Crippen molar-refractivity contribution < 1.29 is 14.4 Å². The second-order valence-electron chi connectivity index (χ2n) is 6.88. The summed E-state index contributed by atoms with van der Waals surface area (Å²) in [7, 11) is 0. The Morgan fingerprint density at radius 1 is 1.07 bits per heavy atom. The van der Waals surface area contributed by atoms with E-state index < -0.39 is 0 Å². The van der Waals surface area contributed by atoms with Crippen molar-refractivity contribution in [3.8, 4) is 6.07 Å². The fraction of sp³-hybridized carbons (Fsp3) is 0.304. The molecular formula is C23H26N4O3. The zero-order chi connectivity index (χ0) is 21.9. The Hall–Kier alpha value is -3.66. The second-order valence-corrected chi connectivity index (χ2v) is 6.88. The van der Waals surface area contributed by atoms with Gasteiger partial charge in [0.1, 0.15) is 0 Å². The highest BCUT2D eigenvalue weighted by Crippen LogP contribution is 2.18. The lowest BCUT2D eigenvalue weighted by Crippen LogP contribution is -2.33. The van der Waals surface area contributed by atoms with Gasteiger partial charge in [-0.3, -0.25) is 14.4 Å². The molecule has 3 amide bonds. The van der Waals surface area contributed by atoms with Crippen LogP contribution in [0.1, 0.15) is 44.7 Å². The minimum atomic E-state index is -0.273. The molecule has 2 aromatic rings. The molecule has 30 heavy (non-hydrogen) atoms. The van der Waals surface area contributed by atoms with E-state index in [4.69, 9.17) is 5.26 Å². The molecule has 0 saturated heterocycles. The number of carbonyl (C=O) groups is 3. The number of carbonyl (C=O) groups excluding carboxylic acids is 3. The van der Waals surface area contributed by atoms with E-state index in [2.05, 4.69) is 10.6 Å². The van der Waals surface area contributed by atoms with Crippen LogP contribution in [0.3, 0.4) is 0 Å². The topological polar surface area (TPSA) is 102 Å². The fourth-order valence-corrected chi connectivity index (χ4v) is 3.01. The summed E-state index contributed by atoms with van der Waals surface area (Å²) < 4.78 is 0. The van der Waals surface area contributed by atoms with Gasteiger partial charge in [-0.25, -0.2) is 0 Å². The molecule has 0 heterocycles. The summed E-state index contributed by atoms with van der Waals surface area (Å²) in [4.78, 5) is 37.8. The summed E-state index contributed by atoms with van der Waals surface area (Å²) in [5.74, 6) is -0.609. The number of benzene rings is 2. The zero-order valence-corrected chi connectivity index (χ0v) is 17.2. The van der Waals surface area contributed by atoms with Gasteiger partial charge in [-0.1, -0.05) is 30.3 Å². The molecule has 0 aromatic heterocycles. The Kier molecular flexibility index (Phi) is 8.57. The summed E-state index contributed by atoms with van der Waals surface area (Å²) >= 11 is 0. The maximum atomic E-state index is 12.7. The standard InChI is InChI=1S/C23H26N4O3/c1-17(19-8-6-9-20(16-19)26-18(2)28)25-22(29)12-13-23(30)27(15-7-14-24)21-10-4-3-5-11-21/h3-6,8-11,16-17H,7,12-13,15H2,1-2H3,(H,25,29)(H,26,28). The maximum absolute atomic E-state index is 12.7. The maximum Gasteiger partial charge on any atom is 0.227 e. The van der Waals surface area contributed by atoms with Crippen molar-refractivity contribution >= 4 is 29.1 Å². The van der Waals surface area contributed by atoms with Gasteiger partial charge in [0.15, 0.2) is 0 Å². The summed E-state index contributed by atoms with van der Waals surface area (Å²) in [6.45, 7) is 3.56. The summed E-state index contributed by atoms with van der Waals surface area (Å²) in [6, 6.07) is 18.1. The van der Waals surface area contributed by atoms with E-state index >= 15 is 0 Å². The average molecular weight is 406 g/mol. The van der Waals surface area contributed by atoms with E-state index in [1.165, 1.54) is 11.8 Å². The fourth-order valence-electron chi connectivity index (χ4n) is 3.01. The first-order valence-electron chi connectivity index (χ1n) is 9.80. The van der Waals surface area contributed by atoms with Gasteiger partial charge in [-0.2, -0.15) is 5.26 Å². The lowest BCUT2D eigenvalue weighted by molar-refractivity contribution is -0.125. The van der Waals surface area contributed by atoms with Gasteiger partial charge in [0.25, 0.3) is 0 Å². The van der Waals surface area contributed by atoms with E-state index in [9.17, 15) is 14.4 Å². The van der Waals surface area contributed by atoms with Gasteiger partial charge in [0, 0.05) is 37.7 Å². The first-order valence-corrected chi connectivity index (χ1v) is 9.80. The van der Waals surface area contributed by atoms with Crippen LogP contribution in [-0.4, -0.2) is 24.3 Å². The summed E-state index contributed by atoms with van der Waals surface area (Å²) in [5.41, 5.74) is 2.22. The Morgan fingerprint density at radius 3 is 2.47 bits per heavy atom. The van der Waals surface area contributed by atoms with E-state index in [1.54, 1.807) is 30.3 Å². The average Bonchev–Trinajstić information content (AvgIpc) is 2.73. The van der Waals surface area contributed by atoms with Gasteiger partial charge in [0.05, 0.1) is 18.5 Å². The number of rotatable bonds is 9. The molecule has 0 fully saturated rings. The molecule has 2 N–H and O–H groups in total. The minimum Gasteiger partial charge on any atom is -0.350 e. The number of nitrogens with zero attached hydrogens (tertiary/aromatic N) is 2. The number of hydrogen-bond donors (Lipinski definition) is 2. The highest BCUT2D eigenvalue weighted by molar-refractivity contribution is 5.95. The molecule has 7 heteroatoms. The number of amides is 3. The highest BCUT2D eigenvalue weighted by Gasteiger charge is 2.17. The SMILES string of the molecule is CC(=O)Nc1cccc(C(C)NC(=O)CCC(=O)N(CCC#N)c2ccccc2)c1. The number of hydrogen-bond acceptors (Lipinski definition) is 4. The number of nitriles is 1. The third-order valence-electron chi connectivity index (χ3n) is 4.47. The Bertz CT molecular complexity index is 922. The normalized spacial score (nSPS) is 11.1. The van der Waals surface area contributed by atoms with Gasteiger partial charge in [-0.15, -0.1) is 0 Å². The van der Waals surface area contributed by atoms with Crippen LogP contribution in [0.25, 0.3) is 0 Å². The predicted octanol–water partition coefficient (Wildman–Crippen LogP) is 3.55. The van der Waals surface area contributed by atoms with Crippen LogP contribution >= 0.6 is 0 Å². The highest BCUT2D eigenvalue weighted by atomic mass is 16.2. The Balaban J connectivity index is 1.93. The first kappa shape index (κ1) is 22.6. The van der Waals surface area contributed by atoms with E-state index in [0.717, 1.165) is 5.56 Å². The molecular weight excluding hydrogens is 380 g/mol. The number of nitrogens with one attached hydrogen (secondary N) is 2. The lowest BCUT2D eigenvalue weighted by Gasteiger charge is -2.22. The molecule has 2 aromatic carbocycles. The number of anilines is 2. The molecule has 0 saturated carbocycles. The van der Waals surface area contributed by atoms with Crippen molar-refractivity contribution in [2.75, 3.05) is 16.8 Å². The van der Waals surface area contributed by atoms with Gasteiger partial charge in [0.2, 0.25) is 17.7 Å². The van der Waals surface area contributed by atoms with E-state index in [-0.39, 0.29) is 49.6 Å². The third kappa shape index (κ3) is 7.06. The third-order valence-corrected chi connectivity index (χ3v) is 4.47. The quantitative estimate of drug-likeness (QED) is 0.665. The largest absolute Gasteiger partial charge is 0.350 e. The van der Waals surface area contributed by atoms with Crippen LogP contribution in [0.2, 0.25) is 0 Å². The van der Waals surface area contributed by atoms with Gasteiger partial charge >= 0.3 is 0 Å². The molecule has 0 aliphatic rings. The summed E-state index contributed by atoms with van der Waals surface area (Å²) in [6.07, 6.45) is 0.309. The van der Waals surface area contributed by atoms with Crippen LogP contribution in [0.5, 0.6) is 0 Å². The van der Waals surface area contributed by atoms with Crippen LogP contribution in [0.4, 0.5) is 11.4 Å². The predicted molar refractivity (Wildman–Crippen MR) is 116 cm³/mol. The van der Waals surface area contributed by atoms with Gasteiger partial charge < -0.3 is 15.5 Å². The molecule has 0 radical (unpaired) electrons. The Labute approximate surface area is 176 Å². The van der Waals surface area contributed by atoms with Crippen LogP contribution < -0.4 is 15.5 Å². The second kappa shape index (κ2) is 11.4. The molecule has 0 aliphatic heterocycles. The molecule has 0 spiro atoms. The van der Waals surface area contributed by atoms with Crippen molar-refractivity contribution in [2.45, 2.75) is 39.2 Å². The molecule has 1 atom stereocenters. The minimum absolute atomic E-state index is 0.0461. The molecule has 7 nitrogen and oxygen atoms in total. The van der Waals surface area contributed by atoms with Crippen LogP contribution in [-0.2, 0) is 14.4 Å². The Morgan fingerprint density at radius 2 is 1.80 bits per heavy atom. The van der Waals surface area contributed by atoms with Crippen molar-refractivity contribution in [3.63, 3.8) is 0 Å². The van der Waals surface area contributed by atoms with Crippen molar-refractivity contribution in [2.24, 2.45) is 0 Å². The molecule has 0 aliphatic carbocycles. The number of para-hydroxylation sites is 1. The summed E-state index contributed by atoms with van der Waals surface area (Å²) in [5, 5.41) is 14.5. The van der Waals surface area contributed by atoms with Crippen molar-refractivity contribution in [3.05, 3.63) is 60.2 Å². The molecule has 0 bridgehead atoms. The zero-order valence-electron chi connectivity index (χ0n) is 17.2. The lowest BCUT2D eigenvalue weighted by atomic mass is 10.1. The van der Waals surface area contributed by atoms with Crippen LogP contribution in [0.15, 0.2) is 54.6 Å². The smallest absolute Gasteiger partial charge is 0.227 e. The van der Waals surface area contributed by atoms with Crippen molar-refractivity contribution in [1.82, 2.24) is 5.32 Å². The first-order chi connectivity index (χ1) is 14.4. The van der Waals surface area contributed by atoms with Crippen molar-refractivity contribution in [1.29, 1.82) is 5.26 Å². The van der Waals surface area contributed by atoms with Crippen LogP contribution in [0, 0.1) is 11.3 Å².